The molecule has 26 heavy (non-hydrogen) atoms. The van der Waals surface area contributed by atoms with E-state index in [2.05, 4.69) is 26.3 Å². The van der Waals surface area contributed by atoms with Crippen molar-refractivity contribution in [2.24, 2.45) is 22.7 Å². The summed E-state index contributed by atoms with van der Waals surface area (Å²) in [6.07, 6.45) is 7.95. The molecule has 1 aromatic heterocycles. The van der Waals surface area contributed by atoms with Crippen molar-refractivity contribution in [1.82, 2.24) is 15.2 Å². The molecule has 1 aliphatic carbocycles. The lowest BCUT2D eigenvalue weighted by molar-refractivity contribution is 0.0767. The molecule has 6 nitrogen and oxygen atoms in total. The highest BCUT2D eigenvalue weighted by Gasteiger charge is 2.53. The minimum atomic E-state index is 0.487. The molecule has 3 saturated heterocycles. The number of hydrogen-bond donors (Lipinski definition) is 1. The maximum atomic E-state index is 6.07. The Morgan fingerprint density at radius 3 is 2.62 bits per heavy atom. The number of hydrogen-bond acceptors (Lipinski definition) is 4. The van der Waals surface area contributed by atoms with E-state index in [9.17, 15) is 0 Å². The Bertz CT molecular complexity index is 655. The number of rotatable bonds is 5. The van der Waals surface area contributed by atoms with Gasteiger partial charge in [0.2, 0.25) is 5.88 Å². The van der Waals surface area contributed by atoms with E-state index in [4.69, 9.17) is 9.47 Å². The van der Waals surface area contributed by atoms with Crippen molar-refractivity contribution in [1.29, 1.82) is 0 Å². The van der Waals surface area contributed by atoms with Crippen LogP contribution in [-0.4, -0.2) is 54.8 Å². The van der Waals surface area contributed by atoms with Gasteiger partial charge in [-0.05, 0) is 37.2 Å². The second-order valence-electron chi connectivity index (χ2n) is 8.18. The third-order valence-electron chi connectivity index (χ3n) is 6.38. The number of ether oxygens (including phenoxy) is 2. The Balaban J connectivity index is 1.14. The number of aromatic nitrogens is 1. The fourth-order valence-corrected chi connectivity index (χ4v) is 4.73. The molecule has 4 aliphatic rings. The summed E-state index contributed by atoms with van der Waals surface area (Å²) in [7, 11) is 1.87. The van der Waals surface area contributed by atoms with E-state index in [1.165, 1.54) is 25.7 Å². The molecular weight excluding hydrogens is 328 g/mol. The third kappa shape index (κ3) is 3.15. The lowest BCUT2D eigenvalue weighted by atomic mass is 9.82. The van der Waals surface area contributed by atoms with Gasteiger partial charge in [-0.25, -0.2) is 4.98 Å². The van der Waals surface area contributed by atoms with Crippen LogP contribution in [0.2, 0.25) is 0 Å². The van der Waals surface area contributed by atoms with Gasteiger partial charge in [0.05, 0.1) is 18.8 Å². The quantitative estimate of drug-likeness (QED) is 0.646. The van der Waals surface area contributed by atoms with Crippen molar-refractivity contribution in [2.45, 2.75) is 44.4 Å². The van der Waals surface area contributed by atoms with E-state index in [0.29, 0.717) is 24.0 Å². The lowest BCUT2D eigenvalue weighted by Gasteiger charge is -2.23. The van der Waals surface area contributed by atoms with Crippen LogP contribution < -0.4 is 10.1 Å². The minimum Gasteiger partial charge on any atom is -0.477 e. The summed E-state index contributed by atoms with van der Waals surface area (Å²) in [5, 5.41) is 3.50. The van der Waals surface area contributed by atoms with E-state index >= 15 is 0 Å². The van der Waals surface area contributed by atoms with Crippen molar-refractivity contribution in [3.05, 3.63) is 23.9 Å². The Morgan fingerprint density at radius 2 is 2.00 bits per heavy atom. The van der Waals surface area contributed by atoms with Crippen molar-refractivity contribution in [3.8, 4) is 5.88 Å². The SMILES string of the molecule is CN=C(NCc1ccc(OCC2CC2)nc1)N1CC2C3CCC(O3)C2C1. The summed E-state index contributed by atoms with van der Waals surface area (Å²) in [5.41, 5.74) is 1.15. The van der Waals surface area contributed by atoms with Crippen molar-refractivity contribution in [3.63, 3.8) is 0 Å². The molecule has 4 unspecified atom stereocenters. The van der Waals surface area contributed by atoms with Crippen molar-refractivity contribution >= 4 is 5.96 Å². The third-order valence-corrected chi connectivity index (χ3v) is 6.38. The van der Waals surface area contributed by atoms with Crippen LogP contribution in [0.3, 0.4) is 0 Å². The van der Waals surface area contributed by atoms with E-state index < -0.39 is 0 Å². The smallest absolute Gasteiger partial charge is 0.213 e. The Labute approximate surface area is 155 Å². The largest absolute Gasteiger partial charge is 0.477 e. The number of likely N-dealkylation sites (tertiary alicyclic amines) is 1. The first-order chi connectivity index (χ1) is 12.8. The monoisotopic (exact) mass is 356 g/mol. The molecule has 4 heterocycles. The van der Waals surface area contributed by atoms with Gasteiger partial charge in [0.15, 0.2) is 5.96 Å². The van der Waals surface area contributed by atoms with Gasteiger partial charge in [-0.15, -0.1) is 0 Å². The summed E-state index contributed by atoms with van der Waals surface area (Å²) in [4.78, 5) is 11.3. The van der Waals surface area contributed by atoms with Gasteiger partial charge in [-0.3, -0.25) is 4.99 Å². The fourth-order valence-electron chi connectivity index (χ4n) is 4.73. The standard InChI is InChI=1S/C20H28N4O2/c1-21-20(24-10-15-16(11-24)18-6-5-17(15)26-18)23-9-14-4-7-19(22-8-14)25-12-13-2-3-13/h4,7-8,13,15-18H,2-3,5-6,9-12H2,1H3,(H,21,23). The molecule has 0 aromatic carbocycles. The van der Waals surface area contributed by atoms with Crippen LogP contribution in [0, 0.1) is 17.8 Å². The van der Waals surface area contributed by atoms with Gasteiger partial charge in [-0.2, -0.15) is 0 Å². The molecule has 4 atom stereocenters. The second-order valence-corrected chi connectivity index (χ2v) is 8.18. The summed E-state index contributed by atoms with van der Waals surface area (Å²) >= 11 is 0. The van der Waals surface area contributed by atoms with E-state index in [1.54, 1.807) is 0 Å². The molecule has 1 saturated carbocycles. The summed E-state index contributed by atoms with van der Waals surface area (Å²) in [6, 6.07) is 4.06. The summed E-state index contributed by atoms with van der Waals surface area (Å²) in [6.45, 7) is 3.67. The molecular formula is C20H28N4O2. The van der Waals surface area contributed by atoms with Crippen LogP contribution in [-0.2, 0) is 11.3 Å². The summed E-state index contributed by atoms with van der Waals surface area (Å²) < 4.78 is 11.8. The van der Waals surface area contributed by atoms with Gasteiger partial charge in [0.25, 0.3) is 0 Å². The molecule has 140 valence electrons. The Kier molecular flexibility index (Phi) is 4.23. The number of fused-ring (bicyclic) bond motifs is 5. The predicted molar refractivity (Wildman–Crippen MR) is 99.1 cm³/mol. The molecule has 0 radical (unpaired) electrons. The zero-order chi connectivity index (χ0) is 17.5. The minimum absolute atomic E-state index is 0.487. The number of nitrogens with zero attached hydrogens (tertiary/aromatic N) is 3. The zero-order valence-electron chi connectivity index (χ0n) is 15.4. The number of nitrogens with one attached hydrogen (secondary N) is 1. The van der Waals surface area contributed by atoms with E-state index in [0.717, 1.165) is 49.6 Å². The van der Waals surface area contributed by atoms with Crippen LogP contribution in [0.4, 0.5) is 0 Å². The van der Waals surface area contributed by atoms with Crippen LogP contribution in [0.1, 0.15) is 31.2 Å². The fraction of sp³-hybridized carbons (Fsp3) is 0.700. The van der Waals surface area contributed by atoms with Crippen LogP contribution >= 0.6 is 0 Å². The van der Waals surface area contributed by atoms with Crippen LogP contribution in [0.15, 0.2) is 23.3 Å². The molecule has 6 heteroatoms. The van der Waals surface area contributed by atoms with E-state index in [1.807, 2.05) is 19.3 Å². The first-order valence-corrected chi connectivity index (χ1v) is 9.99. The van der Waals surface area contributed by atoms with E-state index in [-0.39, 0.29) is 0 Å². The maximum absolute atomic E-state index is 6.07. The molecule has 1 aromatic rings. The normalized spacial score (nSPS) is 32.8. The summed E-state index contributed by atoms with van der Waals surface area (Å²) in [5.74, 6) is 3.86. The topological polar surface area (TPSA) is 59.0 Å². The second kappa shape index (κ2) is 6.72. The predicted octanol–water partition coefficient (Wildman–Crippen LogP) is 2.05. The molecule has 1 N–H and O–H groups in total. The Morgan fingerprint density at radius 1 is 1.23 bits per heavy atom. The molecule has 4 fully saturated rings. The number of aliphatic imine (C=N–C) groups is 1. The average molecular weight is 356 g/mol. The average Bonchev–Trinajstić information content (AvgIpc) is 3.06. The molecule has 0 amide bonds. The highest BCUT2D eigenvalue weighted by Crippen LogP contribution is 2.47. The lowest BCUT2D eigenvalue weighted by Crippen LogP contribution is -2.41. The molecule has 3 aliphatic heterocycles. The molecule has 5 rings (SSSR count). The molecule has 0 spiro atoms. The first-order valence-electron chi connectivity index (χ1n) is 9.99. The zero-order valence-corrected chi connectivity index (χ0v) is 15.4. The highest BCUT2D eigenvalue weighted by atomic mass is 16.5. The van der Waals surface area contributed by atoms with Gasteiger partial charge >= 0.3 is 0 Å². The van der Waals surface area contributed by atoms with Crippen LogP contribution in [0.5, 0.6) is 5.88 Å². The van der Waals surface area contributed by atoms with Gasteiger partial charge in [-0.1, -0.05) is 6.07 Å². The highest BCUT2D eigenvalue weighted by molar-refractivity contribution is 5.80. The van der Waals surface area contributed by atoms with Gasteiger partial charge in [0, 0.05) is 50.8 Å². The first kappa shape index (κ1) is 16.4. The number of guanidine groups is 1. The Hall–Kier alpha value is -1.82. The number of pyridine rings is 1. The van der Waals surface area contributed by atoms with Crippen molar-refractivity contribution in [2.75, 3.05) is 26.7 Å². The molecule has 2 bridgehead atoms. The van der Waals surface area contributed by atoms with Gasteiger partial charge < -0.3 is 19.7 Å². The van der Waals surface area contributed by atoms with Gasteiger partial charge in [0.1, 0.15) is 0 Å². The van der Waals surface area contributed by atoms with Crippen LogP contribution in [0.25, 0.3) is 0 Å². The van der Waals surface area contributed by atoms with Crippen molar-refractivity contribution < 1.29 is 9.47 Å². The maximum Gasteiger partial charge on any atom is 0.213 e.